The van der Waals surface area contributed by atoms with Crippen LogP contribution in [0, 0.1) is 6.92 Å². The van der Waals surface area contributed by atoms with E-state index in [1.165, 1.54) is 29.1 Å². The number of para-hydroxylation sites is 1. The third kappa shape index (κ3) is 3.82. The number of alkyl halides is 3. The van der Waals surface area contributed by atoms with E-state index in [9.17, 15) is 18.0 Å². The van der Waals surface area contributed by atoms with Crippen molar-refractivity contribution in [2.24, 2.45) is 0 Å². The Balaban J connectivity index is 1.78. The number of hydrogen-bond acceptors (Lipinski definition) is 5. The molecule has 7 nitrogen and oxygen atoms in total. The van der Waals surface area contributed by atoms with E-state index in [2.05, 4.69) is 24.8 Å². The predicted octanol–water partition coefficient (Wildman–Crippen LogP) is 3.30. The Morgan fingerprint density at radius 3 is 2.72 bits per heavy atom. The molecule has 3 heterocycles. The fourth-order valence-corrected chi connectivity index (χ4v) is 2.96. The molecule has 10 heteroatoms. The summed E-state index contributed by atoms with van der Waals surface area (Å²) in [5.41, 5.74) is 1.60. The van der Waals surface area contributed by atoms with Gasteiger partial charge in [0.15, 0.2) is 5.65 Å². The van der Waals surface area contributed by atoms with Crippen molar-refractivity contribution in [1.29, 1.82) is 0 Å². The van der Waals surface area contributed by atoms with Crippen molar-refractivity contribution < 1.29 is 17.9 Å². The average Bonchev–Trinajstić information content (AvgIpc) is 3.07. The van der Waals surface area contributed by atoms with Gasteiger partial charge in [0, 0.05) is 18.2 Å². The molecule has 4 aromatic rings. The first-order chi connectivity index (χ1) is 13.8. The largest absolute Gasteiger partial charge is 0.573 e. The zero-order valence-corrected chi connectivity index (χ0v) is 15.1. The molecule has 1 aromatic carbocycles. The second-order valence-electron chi connectivity index (χ2n) is 6.30. The molecule has 0 aliphatic heterocycles. The summed E-state index contributed by atoms with van der Waals surface area (Å²) in [5, 5.41) is 4.48. The van der Waals surface area contributed by atoms with Gasteiger partial charge in [0.05, 0.1) is 18.1 Å². The molecule has 0 aliphatic rings. The fraction of sp³-hybridized carbons (Fsp3) is 0.158. The van der Waals surface area contributed by atoms with Gasteiger partial charge in [-0.1, -0.05) is 18.2 Å². The number of hydrogen-bond donors (Lipinski definition) is 1. The Morgan fingerprint density at radius 2 is 1.97 bits per heavy atom. The van der Waals surface area contributed by atoms with Crippen molar-refractivity contribution >= 4 is 11.0 Å². The number of rotatable bonds is 4. The number of halogens is 3. The molecule has 0 radical (unpaired) electrons. The second kappa shape index (κ2) is 7.04. The van der Waals surface area contributed by atoms with E-state index in [-0.39, 0.29) is 34.6 Å². The van der Waals surface area contributed by atoms with Crippen LogP contribution in [0.4, 0.5) is 13.2 Å². The van der Waals surface area contributed by atoms with Crippen molar-refractivity contribution in [3.63, 3.8) is 0 Å². The molecule has 0 spiro atoms. The predicted molar refractivity (Wildman–Crippen MR) is 97.9 cm³/mol. The molecule has 0 unspecified atom stereocenters. The number of pyridine rings is 1. The molecular weight excluding hydrogens is 387 g/mol. The van der Waals surface area contributed by atoms with E-state index in [4.69, 9.17) is 0 Å². The van der Waals surface area contributed by atoms with Gasteiger partial charge in [-0.3, -0.25) is 9.78 Å². The van der Waals surface area contributed by atoms with Crippen LogP contribution in [-0.2, 0) is 6.42 Å². The molecule has 4 rings (SSSR count). The average molecular weight is 401 g/mol. The van der Waals surface area contributed by atoms with Crippen molar-refractivity contribution in [2.45, 2.75) is 19.7 Å². The Hall–Kier alpha value is -3.69. The lowest BCUT2D eigenvalue weighted by Gasteiger charge is -2.13. The highest BCUT2D eigenvalue weighted by Crippen LogP contribution is 2.27. The lowest BCUT2D eigenvalue weighted by atomic mass is 10.1. The molecule has 0 aliphatic carbocycles. The van der Waals surface area contributed by atoms with Gasteiger partial charge in [-0.15, -0.1) is 13.2 Å². The summed E-state index contributed by atoms with van der Waals surface area (Å²) in [4.78, 5) is 23.5. The summed E-state index contributed by atoms with van der Waals surface area (Å²) >= 11 is 0. The minimum atomic E-state index is -4.82. The van der Waals surface area contributed by atoms with Crippen molar-refractivity contribution in [3.05, 3.63) is 76.2 Å². The van der Waals surface area contributed by atoms with E-state index in [1.807, 2.05) is 6.92 Å². The maximum atomic E-state index is 12.7. The number of nitrogens with one attached hydrogen (secondary N) is 1. The number of ether oxygens (including phenoxy) is 1. The van der Waals surface area contributed by atoms with Crippen LogP contribution >= 0.6 is 0 Å². The highest BCUT2D eigenvalue weighted by molar-refractivity contribution is 5.75. The van der Waals surface area contributed by atoms with Gasteiger partial charge in [-0.25, -0.2) is 9.67 Å². The Kier molecular flexibility index (Phi) is 4.53. The van der Waals surface area contributed by atoms with E-state index in [1.54, 1.807) is 24.5 Å². The number of nitrogens with zero attached hydrogens (tertiary/aromatic N) is 4. The molecule has 0 bridgehead atoms. The van der Waals surface area contributed by atoms with Gasteiger partial charge in [-0.05, 0) is 24.6 Å². The Labute approximate surface area is 161 Å². The number of aromatic amines is 1. The summed E-state index contributed by atoms with van der Waals surface area (Å²) in [6.07, 6.45) is -0.269. The standard InChI is InChI=1S/C19H14F3N5O2/c1-11-6-7-23-10-14(11)27-17-13(9-24-27)18(28)26-16(25-17)8-12-4-2-3-5-15(12)29-19(20,21)22/h2-7,9-10H,8H2,1H3,(H,25,26,28). The molecule has 0 fully saturated rings. The summed E-state index contributed by atoms with van der Waals surface area (Å²) in [6, 6.07) is 7.50. The number of aryl methyl sites for hydroxylation is 1. The van der Waals surface area contributed by atoms with Gasteiger partial charge in [0.1, 0.15) is 17.0 Å². The summed E-state index contributed by atoms with van der Waals surface area (Å²) in [5.74, 6) is -0.164. The highest BCUT2D eigenvalue weighted by atomic mass is 19.4. The molecule has 0 saturated carbocycles. The highest BCUT2D eigenvalue weighted by Gasteiger charge is 2.32. The topological polar surface area (TPSA) is 85.7 Å². The first-order valence-electron chi connectivity index (χ1n) is 8.53. The van der Waals surface area contributed by atoms with Gasteiger partial charge >= 0.3 is 6.36 Å². The summed E-state index contributed by atoms with van der Waals surface area (Å²) in [7, 11) is 0. The smallest absolute Gasteiger partial charge is 0.405 e. The van der Waals surface area contributed by atoms with Crippen LogP contribution < -0.4 is 10.3 Å². The van der Waals surface area contributed by atoms with E-state index in [0.29, 0.717) is 5.69 Å². The van der Waals surface area contributed by atoms with Crippen LogP contribution in [0.2, 0.25) is 0 Å². The van der Waals surface area contributed by atoms with Crippen molar-refractivity contribution in [3.8, 4) is 11.4 Å². The third-order valence-corrected chi connectivity index (χ3v) is 4.28. The molecular formula is C19H14F3N5O2. The van der Waals surface area contributed by atoms with Gasteiger partial charge in [-0.2, -0.15) is 5.10 Å². The Bertz CT molecular complexity index is 1250. The van der Waals surface area contributed by atoms with Crippen LogP contribution in [0.1, 0.15) is 17.0 Å². The summed E-state index contributed by atoms with van der Waals surface area (Å²) < 4.78 is 43.5. The minimum absolute atomic E-state index is 0.0609. The molecule has 148 valence electrons. The lowest BCUT2D eigenvalue weighted by Crippen LogP contribution is -2.18. The quantitative estimate of drug-likeness (QED) is 0.567. The van der Waals surface area contributed by atoms with Crippen molar-refractivity contribution in [1.82, 2.24) is 24.7 Å². The third-order valence-electron chi connectivity index (χ3n) is 4.28. The van der Waals surface area contributed by atoms with Crippen LogP contribution in [-0.4, -0.2) is 31.1 Å². The fourth-order valence-electron chi connectivity index (χ4n) is 2.96. The van der Waals surface area contributed by atoms with Crippen LogP contribution in [0.3, 0.4) is 0 Å². The van der Waals surface area contributed by atoms with E-state index in [0.717, 1.165) is 5.56 Å². The number of fused-ring (bicyclic) bond motifs is 1. The first kappa shape index (κ1) is 18.7. The summed E-state index contributed by atoms with van der Waals surface area (Å²) in [6.45, 7) is 1.86. The van der Waals surface area contributed by atoms with Gasteiger partial charge < -0.3 is 9.72 Å². The zero-order valence-electron chi connectivity index (χ0n) is 15.1. The SMILES string of the molecule is Cc1ccncc1-n1ncc2c(=O)[nH]c(Cc3ccccc3OC(F)(F)F)nc21. The molecule has 0 saturated heterocycles. The molecule has 1 N–H and O–H groups in total. The zero-order chi connectivity index (χ0) is 20.6. The number of aromatic nitrogens is 5. The maximum absolute atomic E-state index is 12.7. The molecule has 0 amide bonds. The first-order valence-corrected chi connectivity index (χ1v) is 8.53. The number of benzene rings is 1. The second-order valence-corrected chi connectivity index (χ2v) is 6.30. The van der Waals surface area contributed by atoms with Gasteiger partial charge in [0.25, 0.3) is 5.56 Å². The van der Waals surface area contributed by atoms with Crippen LogP contribution in [0.25, 0.3) is 16.7 Å². The van der Waals surface area contributed by atoms with E-state index >= 15 is 0 Å². The molecule has 3 aromatic heterocycles. The number of H-pyrrole nitrogens is 1. The van der Waals surface area contributed by atoms with Gasteiger partial charge in [0.2, 0.25) is 0 Å². The lowest BCUT2D eigenvalue weighted by molar-refractivity contribution is -0.274. The van der Waals surface area contributed by atoms with E-state index < -0.39 is 11.9 Å². The van der Waals surface area contributed by atoms with Crippen LogP contribution in [0.15, 0.2) is 53.7 Å². The monoisotopic (exact) mass is 401 g/mol. The minimum Gasteiger partial charge on any atom is -0.405 e. The van der Waals surface area contributed by atoms with Crippen LogP contribution in [0.5, 0.6) is 5.75 Å². The molecule has 0 atom stereocenters. The maximum Gasteiger partial charge on any atom is 0.573 e. The normalized spacial score (nSPS) is 11.7. The molecule has 29 heavy (non-hydrogen) atoms. The Morgan fingerprint density at radius 1 is 1.17 bits per heavy atom. The van der Waals surface area contributed by atoms with Crippen molar-refractivity contribution in [2.75, 3.05) is 0 Å².